The summed E-state index contributed by atoms with van der Waals surface area (Å²) in [5.74, 6) is -0.191. The third-order valence-electron chi connectivity index (χ3n) is 13.0. The van der Waals surface area contributed by atoms with Crippen molar-refractivity contribution < 1.29 is 32.9 Å². The van der Waals surface area contributed by atoms with Crippen molar-refractivity contribution in [3.8, 4) is 0 Å². The smallest absolute Gasteiger partial charge is 0.268 e. The zero-order chi connectivity index (χ0) is 47.1. The molecule has 9 heteroatoms. The molecule has 0 aromatic carbocycles. The van der Waals surface area contributed by atoms with E-state index in [9.17, 15) is 19.4 Å². The summed E-state index contributed by atoms with van der Waals surface area (Å²) < 4.78 is 23.3. The van der Waals surface area contributed by atoms with Gasteiger partial charge in [0.2, 0.25) is 5.91 Å². The summed E-state index contributed by atoms with van der Waals surface area (Å²) in [5, 5.41) is 13.8. The monoisotopic (exact) mass is 927 g/mol. The van der Waals surface area contributed by atoms with Crippen LogP contribution in [-0.4, -0.2) is 68.5 Å². The number of phosphoric acid groups is 1. The third-order valence-corrected chi connectivity index (χ3v) is 14.0. The number of rotatable bonds is 52. The summed E-state index contributed by atoms with van der Waals surface area (Å²) in [6.45, 7) is 4.68. The molecule has 0 bridgehead atoms. The van der Waals surface area contributed by atoms with E-state index in [0.717, 1.165) is 38.5 Å². The first-order valence-electron chi connectivity index (χ1n) is 28.1. The molecule has 3 unspecified atom stereocenters. The number of hydrogen-bond acceptors (Lipinski definition) is 6. The van der Waals surface area contributed by atoms with Crippen molar-refractivity contribution >= 4 is 13.7 Å². The van der Waals surface area contributed by atoms with Gasteiger partial charge in [0.1, 0.15) is 13.2 Å². The lowest BCUT2D eigenvalue weighted by Crippen LogP contribution is -2.45. The SMILES string of the molecule is CCCCCCCCCCCCCC/C=C/C(O)C(COP(=O)([O-])OCC[N+](C)(C)C)NC(=O)CCCCCCCCCCCCCCCCCCCCCCCCCCCCCC. The van der Waals surface area contributed by atoms with Gasteiger partial charge >= 0.3 is 0 Å². The number of aliphatic hydroxyl groups is 1. The topological polar surface area (TPSA) is 108 Å². The Labute approximate surface area is 399 Å². The molecule has 382 valence electrons. The number of phosphoric ester groups is 1. The Kier molecular flexibility index (Phi) is 46.8. The maximum atomic E-state index is 12.9. The molecule has 0 saturated heterocycles. The van der Waals surface area contributed by atoms with E-state index in [1.807, 2.05) is 27.2 Å². The minimum atomic E-state index is -4.59. The van der Waals surface area contributed by atoms with Gasteiger partial charge in [-0.1, -0.05) is 270 Å². The van der Waals surface area contributed by atoms with Crippen LogP contribution in [0.2, 0.25) is 0 Å². The van der Waals surface area contributed by atoms with E-state index < -0.39 is 20.0 Å². The molecule has 3 atom stereocenters. The normalized spacial score (nSPS) is 14.0. The molecular weight excluding hydrogens is 816 g/mol. The van der Waals surface area contributed by atoms with Gasteiger partial charge in [0, 0.05) is 6.42 Å². The molecule has 0 aliphatic rings. The Bertz CT molecular complexity index is 1050. The van der Waals surface area contributed by atoms with Crippen molar-refractivity contribution in [1.82, 2.24) is 5.32 Å². The fraction of sp³-hybridized carbons (Fsp3) is 0.945. The molecule has 0 radical (unpaired) electrons. The second-order valence-electron chi connectivity index (χ2n) is 20.7. The summed E-state index contributed by atoms with van der Waals surface area (Å²) in [5.41, 5.74) is 0. The molecule has 0 aliphatic heterocycles. The number of aliphatic hydroxyl groups excluding tert-OH is 1. The molecule has 0 fully saturated rings. The van der Waals surface area contributed by atoms with E-state index in [4.69, 9.17) is 9.05 Å². The Balaban J connectivity index is 4.07. The van der Waals surface area contributed by atoms with Gasteiger partial charge in [0.15, 0.2) is 0 Å². The van der Waals surface area contributed by atoms with Gasteiger partial charge in [0.25, 0.3) is 7.82 Å². The lowest BCUT2D eigenvalue weighted by atomic mass is 10.0. The summed E-state index contributed by atoms with van der Waals surface area (Å²) in [4.78, 5) is 25.4. The van der Waals surface area contributed by atoms with Crippen molar-refractivity contribution in [2.24, 2.45) is 0 Å². The fourth-order valence-electron chi connectivity index (χ4n) is 8.57. The largest absolute Gasteiger partial charge is 0.756 e. The molecule has 2 N–H and O–H groups in total. The standard InChI is InChI=1S/C55H111N2O6P/c1-6-8-10-12-14-16-18-20-22-23-24-25-26-27-28-29-30-31-32-33-34-35-37-39-41-43-45-47-49-55(59)56-53(52-63-64(60,61)62-51-50-57(3,4)5)54(58)48-46-44-42-40-38-36-21-19-17-15-13-11-9-7-2/h46,48,53-54,58H,6-45,47,49-52H2,1-5H3,(H-,56,59,60,61)/b48-46+. The van der Waals surface area contributed by atoms with Crippen LogP contribution in [0, 0.1) is 0 Å². The number of amides is 1. The lowest BCUT2D eigenvalue weighted by Gasteiger charge is -2.29. The van der Waals surface area contributed by atoms with E-state index in [1.165, 1.54) is 225 Å². The van der Waals surface area contributed by atoms with Gasteiger partial charge in [-0.15, -0.1) is 0 Å². The van der Waals surface area contributed by atoms with E-state index in [1.54, 1.807) is 6.08 Å². The molecule has 64 heavy (non-hydrogen) atoms. The maximum absolute atomic E-state index is 12.9. The van der Waals surface area contributed by atoms with Crippen LogP contribution >= 0.6 is 7.82 Å². The number of likely N-dealkylation sites (N-methyl/N-ethyl adjacent to an activating group) is 1. The molecule has 0 aromatic rings. The van der Waals surface area contributed by atoms with Crippen LogP contribution in [0.5, 0.6) is 0 Å². The molecule has 8 nitrogen and oxygen atoms in total. The summed E-state index contributed by atoms with van der Waals surface area (Å²) in [7, 11) is 1.28. The van der Waals surface area contributed by atoms with Crippen molar-refractivity contribution in [3.05, 3.63) is 12.2 Å². The number of quaternary nitrogens is 1. The highest BCUT2D eigenvalue weighted by atomic mass is 31.2. The van der Waals surface area contributed by atoms with Gasteiger partial charge in [-0.05, 0) is 19.3 Å². The minimum Gasteiger partial charge on any atom is -0.756 e. The van der Waals surface area contributed by atoms with Crippen molar-refractivity contribution in [2.45, 2.75) is 296 Å². The van der Waals surface area contributed by atoms with Crippen LogP contribution in [0.15, 0.2) is 12.2 Å². The van der Waals surface area contributed by atoms with Gasteiger partial charge in [-0.3, -0.25) is 9.36 Å². The van der Waals surface area contributed by atoms with Crippen molar-refractivity contribution in [2.75, 3.05) is 40.9 Å². The first-order chi connectivity index (χ1) is 31.0. The predicted molar refractivity (Wildman–Crippen MR) is 275 cm³/mol. The first-order valence-corrected chi connectivity index (χ1v) is 29.5. The van der Waals surface area contributed by atoms with Crippen LogP contribution in [0.4, 0.5) is 0 Å². The van der Waals surface area contributed by atoms with E-state index in [0.29, 0.717) is 17.4 Å². The lowest BCUT2D eigenvalue weighted by molar-refractivity contribution is -0.870. The highest BCUT2D eigenvalue weighted by molar-refractivity contribution is 7.45. The van der Waals surface area contributed by atoms with Crippen LogP contribution in [0.25, 0.3) is 0 Å². The number of allylic oxidation sites excluding steroid dienone is 1. The minimum absolute atomic E-state index is 0.00244. The van der Waals surface area contributed by atoms with Crippen molar-refractivity contribution in [1.29, 1.82) is 0 Å². The van der Waals surface area contributed by atoms with E-state index in [-0.39, 0.29) is 19.1 Å². The number of nitrogens with zero attached hydrogens (tertiary/aromatic N) is 1. The van der Waals surface area contributed by atoms with Crippen LogP contribution < -0.4 is 10.2 Å². The zero-order valence-corrected chi connectivity index (χ0v) is 44.4. The Morgan fingerprint density at radius 3 is 1.17 bits per heavy atom. The number of carbonyl (C=O) groups excluding carboxylic acids is 1. The van der Waals surface area contributed by atoms with Gasteiger partial charge in [-0.2, -0.15) is 0 Å². The second-order valence-corrected chi connectivity index (χ2v) is 22.1. The molecule has 0 aromatic heterocycles. The summed E-state index contributed by atoms with van der Waals surface area (Å²) in [6, 6.07) is -0.881. The second kappa shape index (κ2) is 47.3. The fourth-order valence-corrected chi connectivity index (χ4v) is 9.29. The van der Waals surface area contributed by atoms with E-state index >= 15 is 0 Å². The highest BCUT2D eigenvalue weighted by Gasteiger charge is 2.23. The van der Waals surface area contributed by atoms with Gasteiger partial charge < -0.3 is 28.8 Å². The van der Waals surface area contributed by atoms with Crippen molar-refractivity contribution in [3.63, 3.8) is 0 Å². The molecule has 0 heterocycles. The third kappa shape index (κ3) is 49.2. The van der Waals surface area contributed by atoms with Crippen LogP contribution in [-0.2, 0) is 18.4 Å². The first kappa shape index (κ1) is 63.2. The Morgan fingerprint density at radius 2 is 0.844 bits per heavy atom. The molecule has 0 saturated carbocycles. The number of nitrogens with one attached hydrogen (secondary N) is 1. The molecule has 0 aliphatic carbocycles. The quantitative estimate of drug-likeness (QED) is 0.0272. The number of unbranched alkanes of at least 4 members (excludes halogenated alkanes) is 39. The van der Waals surface area contributed by atoms with Gasteiger partial charge in [-0.25, -0.2) is 0 Å². The maximum Gasteiger partial charge on any atom is 0.268 e. The predicted octanol–water partition coefficient (Wildman–Crippen LogP) is 16.0. The molecule has 0 rings (SSSR count). The highest BCUT2D eigenvalue weighted by Crippen LogP contribution is 2.38. The average molecular weight is 927 g/mol. The molecule has 0 spiro atoms. The van der Waals surface area contributed by atoms with Gasteiger partial charge in [0.05, 0.1) is 39.9 Å². The van der Waals surface area contributed by atoms with Crippen LogP contribution in [0.1, 0.15) is 284 Å². The Hall–Kier alpha value is -0.760. The van der Waals surface area contributed by atoms with Crippen LogP contribution in [0.3, 0.4) is 0 Å². The number of carbonyl (C=O) groups is 1. The molecule has 1 amide bonds. The average Bonchev–Trinajstić information content (AvgIpc) is 3.25. The zero-order valence-electron chi connectivity index (χ0n) is 43.5. The van der Waals surface area contributed by atoms with E-state index in [2.05, 4.69) is 19.2 Å². The molecular formula is C55H111N2O6P. The summed E-state index contributed by atoms with van der Waals surface area (Å²) >= 11 is 0. The number of hydrogen-bond donors (Lipinski definition) is 2. The summed E-state index contributed by atoms with van der Waals surface area (Å²) in [6.07, 6.45) is 57.2. The Morgan fingerprint density at radius 1 is 0.531 bits per heavy atom.